The first kappa shape index (κ1) is 17.4. The lowest BCUT2D eigenvalue weighted by atomic mass is 9.88. The molecule has 0 unspecified atom stereocenters. The fourth-order valence-corrected chi connectivity index (χ4v) is 5.47. The Morgan fingerprint density at radius 2 is 2.14 bits per heavy atom. The van der Waals surface area contributed by atoms with E-state index in [2.05, 4.69) is 17.0 Å². The zero-order valence-corrected chi connectivity index (χ0v) is 14.7. The minimum absolute atomic E-state index is 0.0543. The van der Waals surface area contributed by atoms with E-state index < -0.39 is 10.0 Å². The Labute approximate surface area is 136 Å². The normalized spacial score (nSPS) is 22.5. The lowest BCUT2D eigenvalue weighted by Crippen LogP contribution is -2.37. The molecule has 0 aromatic carbocycles. The third-order valence-electron chi connectivity index (χ3n) is 3.91. The van der Waals surface area contributed by atoms with Crippen molar-refractivity contribution in [1.82, 2.24) is 10.0 Å². The van der Waals surface area contributed by atoms with E-state index in [1.54, 1.807) is 6.07 Å². The van der Waals surface area contributed by atoms with Crippen LogP contribution in [0.25, 0.3) is 0 Å². The lowest BCUT2D eigenvalue weighted by Gasteiger charge is -2.26. The van der Waals surface area contributed by atoms with Gasteiger partial charge in [0.05, 0.1) is 0 Å². The molecular formula is C15H24N2O3S2. The van der Waals surface area contributed by atoms with Crippen molar-refractivity contribution in [3.8, 4) is 0 Å². The molecule has 1 aliphatic rings. The van der Waals surface area contributed by atoms with Gasteiger partial charge < -0.3 is 5.32 Å². The summed E-state index contributed by atoms with van der Waals surface area (Å²) in [5.41, 5.74) is 0. The van der Waals surface area contributed by atoms with Gasteiger partial charge in [-0.2, -0.15) is 0 Å². The van der Waals surface area contributed by atoms with Gasteiger partial charge in [0.25, 0.3) is 0 Å². The summed E-state index contributed by atoms with van der Waals surface area (Å²) < 4.78 is 28.1. The Bertz CT molecular complexity index is 610. The molecule has 0 spiro atoms. The average Bonchev–Trinajstić information content (AvgIpc) is 2.87. The second-order valence-corrected chi connectivity index (χ2v) is 9.15. The number of nitrogens with one attached hydrogen (secondary N) is 2. The predicted molar refractivity (Wildman–Crippen MR) is 88.4 cm³/mol. The summed E-state index contributed by atoms with van der Waals surface area (Å²) in [6.07, 6.45) is 4.76. The van der Waals surface area contributed by atoms with E-state index in [4.69, 9.17) is 0 Å². The number of hydrogen-bond donors (Lipinski definition) is 2. The number of rotatable bonds is 6. The highest BCUT2D eigenvalue weighted by molar-refractivity contribution is 7.91. The van der Waals surface area contributed by atoms with Crippen molar-refractivity contribution < 1.29 is 13.2 Å². The summed E-state index contributed by atoms with van der Waals surface area (Å²) in [6.45, 7) is 4.17. The SMILES string of the molecule is CC(=O)NCCc1ccc(S(=O)(=O)N[C@@H]2CCC[C@@H](C)C2)s1. The van der Waals surface area contributed by atoms with Gasteiger partial charge in [-0.1, -0.05) is 19.8 Å². The van der Waals surface area contributed by atoms with Gasteiger partial charge in [0, 0.05) is 24.4 Å². The smallest absolute Gasteiger partial charge is 0.250 e. The number of thiophene rings is 1. The molecule has 2 atom stereocenters. The van der Waals surface area contributed by atoms with Gasteiger partial charge in [0.1, 0.15) is 4.21 Å². The van der Waals surface area contributed by atoms with Gasteiger partial charge in [0.2, 0.25) is 15.9 Å². The maximum Gasteiger partial charge on any atom is 0.250 e. The maximum absolute atomic E-state index is 12.4. The Kier molecular flexibility index (Phi) is 6.00. The molecule has 2 rings (SSSR count). The number of carbonyl (C=O) groups is 1. The van der Waals surface area contributed by atoms with Crippen LogP contribution in [0.5, 0.6) is 0 Å². The molecule has 22 heavy (non-hydrogen) atoms. The first-order chi connectivity index (χ1) is 10.4. The summed E-state index contributed by atoms with van der Waals surface area (Å²) >= 11 is 1.28. The molecule has 0 bridgehead atoms. The molecule has 0 aliphatic heterocycles. The fourth-order valence-electron chi connectivity index (χ4n) is 2.82. The van der Waals surface area contributed by atoms with Gasteiger partial charge in [-0.05, 0) is 37.3 Å². The number of carbonyl (C=O) groups excluding carboxylic acids is 1. The molecule has 0 radical (unpaired) electrons. The van der Waals surface area contributed by atoms with Crippen LogP contribution in [-0.4, -0.2) is 26.9 Å². The summed E-state index contributed by atoms with van der Waals surface area (Å²) in [4.78, 5) is 11.8. The summed E-state index contributed by atoms with van der Waals surface area (Å²) in [5, 5.41) is 2.72. The molecule has 0 saturated heterocycles. The van der Waals surface area contributed by atoms with E-state index in [1.165, 1.54) is 24.7 Å². The van der Waals surface area contributed by atoms with Crippen LogP contribution in [0.15, 0.2) is 16.3 Å². The quantitative estimate of drug-likeness (QED) is 0.831. The summed E-state index contributed by atoms with van der Waals surface area (Å²) in [6, 6.07) is 3.53. The van der Waals surface area contributed by atoms with Crippen LogP contribution >= 0.6 is 11.3 Å². The molecule has 2 N–H and O–H groups in total. The van der Waals surface area contributed by atoms with Crippen molar-refractivity contribution in [2.45, 2.75) is 56.2 Å². The van der Waals surface area contributed by atoms with Crippen LogP contribution < -0.4 is 10.0 Å². The van der Waals surface area contributed by atoms with Crippen molar-refractivity contribution in [3.05, 3.63) is 17.0 Å². The molecule has 1 amide bonds. The van der Waals surface area contributed by atoms with Crippen LogP contribution in [0.2, 0.25) is 0 Å². The number of amides is 1. The molecular weight excluding hydrogens is 320 g/mol. The van der Waals surface area contributed by atoms with E-state index in [-0.39, 0.29) is 11.9 Å². The van der Waals surface area contributed by atoms with Gasteiger partial charge in [-0.3, -0.25) is 4.79 Å². The maximum atomic E-state index is 12.4. The Morgan fingerprint density at radius 3 is 2.82 bits per heavy atom. The number of hydrogen-bond acceptors (Lipinski definition) is 4. The first-order valence-corrected chi connectivity index (χ1v) is 10.0. The van der Waals surface area contributed by atoms with Crippen molar-refractivity contribution in [1.29, 1.82) is 0 Å². The van der Waals surface area contributed by atoms with E-state index in [0.29, 0.717) is 23.1 Å². The van der Waals surface area contributed by atoms with Crippen LogP contribution in [0, 0.1) is 5.92 Å². The largest absolute Gasteiger partial charge is 0.356 e. The molecule has 124 valence electrons. The van der Waals surface area contributed by atoms with Crippen molar-refractivity contribution in [2.75, 3.05) is 6.54 Å². The van der Waals surface area contributed by atoms with Crippen LogP contribution in [0.1, 0.15) is 44.4 Å². The Morgan fingerprint density at radius 1 is 1.36 bits per heavy atom. The fraction of sp³-hybridized carbons (Fsp3) is 0.667. The van der Waals surface area contributed by atoms with Crippen LogP contribution in [0.4, 0.5) is 0 Å². The summed E-state index contributed by atoms with van der Waals surface area (Å²) in [5.74, 6) is 0.510. The van der Waals surface area contributed by atoms with Crippen molar-refractivity contribution in [2.24, 2.45) is 5.92 Å². The highest BCUT2D eigenvalue weighted by Gasteiger charge is 2.25. The van der Waals surface area contributed by atoms with Crippen molar-refractivity contribution >= 4 is 27.3 Å². The molecule has 1 saturated carbocycles. The second-order valence-electron chi connectivity index (χ2n) is 6.04. The minimum Gasteiger partial charge on any atom is -0.356 e. The van der Waals surface area contributed by atoms with E-state index in [1.807, 2.05) is 6.07 Å². The highest BCUT2D eigenvalue weighted by atomic mass is 32.2. The molecule has 1 aromatic rings. The van der Waals surface area contributed by atoms with E-state index in [9.17, 15) is 13.2 Å². The molecule has 7 heteroatoms. The first-order valence-electron chi connectivity index (χ1n) is 7.72. The van der Waals surface area contributed by atoms with E-state index in [0.717, 1.165) is 24.1 Å². The van der Waals surface area contributed by atoms with E-state index >= 15 is 0 Å². The zero-order valence-electron chi connectivity index (χ0n) is 13.1. The van der Waals surface area contributed by atoms with Gasteiger partial charge in [-0.15, -0.1) is 11.3 Å². The standard InChI is InChI=1S/C15H24N2O3S2/c1-11-4-3-5-13(10-11)17-22(19,20)15-7-6-14(21-15)8-9-16-12(2)18/h6-7,11,13,17H,3-5,8-10H2,1-2H3,(H,16,18)/t11-,13-/m1/s1. The van der Waals surface area contributed by atoms with Gasteiger partial charge in [0.15, 0.2) is 0 Å². The Hall–Kier alpha value is -0.920. The number of sulfonamides is 1. The summed E-state index contributed by atoms with van der Waals surface area (Å²) in [7, 11) is -3.42. The monoisotopic (exact) mass is 344 g/mol. The predicted octanol–water partition coefficient (Wildman–Crippen LogP) is 2.28. The minimum atomic E-state index is -3.42. The van der Waals surface area contributed by atoms with Gasteiger partial charge >= 0.3 is 0 Å². The highest BCUT2D eigenvalue weighted by Crippen LogP contribution is 2.27. The molecule has 1 aliphatic carbocycles. The Balaban J connectivity index is 1.94. The second kappa shape index (κ2) is 7.57. The zero-order chi connectivity index (χ0) is 16.2. The topological polar surface area (TPSA) is 75.3 Å². The average molecular weight is 345 g/mol. The van der Waals surface area contributed by atoms with Crippen molar-refractivity contribution in [3.63, 3.8) is 0 Å². The third kappa shape index (κ3) is 5.07. The van der Waals surface area contributed by atoms with Gasteiger partial charge in [-0.25, -0.2) is 13.1 Å². The molecule has 1 heterocycles. The molecule has 1 aromatic heterocycles. The third-order valence-corrected chi connectivity index (χ3v) is 7.06. The molecule has 5 nitrogen and oxygen atoms in total. The molecule has 1 fully saturated rings. The van der Waals surface area contributed by atoms with Crippen LogP contribution in [0.3, 0.4) is 0 Å². The lowest BCUT2D eigenvalue weighted by molar-refractivity contribution is -0.118. The van der Waals surface area contributed by atoms with Crippen LogP contribution in [-0.2, 0) is 21.2 Å².